The summed E-state index contributed by atoms with van der Waals surface area (Å²) in [6.07, 6.45) is 0. The molecular formula is C8H13ClFNO. The fourth-order valence-corrected chi connectivity index (χ4v) is 0.861. The van der Waals surface area contributed by atoms with Gasteiger partial charge in [0.05, 0.1) is 6.04 Å². The van der Waals surface area contributed by atoms with Crippen molar-refractivity contribution in [3.05, 3.63) is 23.2 Å². The average Bonchev–Trinajstić information content (AvgIpc) is 2.31. The molecule has 1 rings (SSSR count). The van der Waals surface area contributed by atoms with Crippen molar-refractivity contribution in [1.82, 2.24) is 0 Å². The summed E-state index contributed by atoms with van der Waals surface area (Å²) < 4.78 is 17.2. The largest absolute Gasteiger partial charge is 0.464 e. The molecule has 12 heavy (non-hydrogen) atoms. The summed E-state index contributed by atoms with van der Waals surface area (Å²) in [5, 5.41) is 0. The van der Waals surface area contributed by atoms with Gasteiger partial charge < -0.3 is 10.2 Å². The third-order valence-corrected chi connectivity index (χ3v) is 1.72. The Morgan fingerprint density at radius 1 is 1.58 bits per heavy atom. The molecular weight excluding hydrogens is 181 g/mol. The molecule has 0 saturated carbocycles. The molecule has 1 atom stereocenters. The van der Waals surface area contributed by atoms with Crippen LogP contribution in [0.4, 0.5) is 4.39 Å². The highest BCUT2D eigenvalue weighted by molar-refractivity contribution is 5.85. The van der Waals surface area contributed by atoms with Crippen LogP contribution in [0.15, 0.2) is 10.5 Å². The van der Waals surface area contributed by atoms with Crippen molar-refractivity contribution in [2.45, 2.75) is 19.9 Å². The first-order valence-corrected chi connectivity index (χ1v) is 3.53. The molecule has 2 N–H and O–H groups in total. The van der Waals surface area contributed by atoms with E-state index in [1.54, 1.807) is 6.07 Å². The predicted molar refractivity (Wildman–Crippen MR) is 48.3 cm³/mol. The summed E-state index contributed by atoms with van der Waals surface area (Å²) in [5.74, 6) is 1.34. The van der Waals surface area contributed by atoms with Gasteiger partial charge in [0, 0.05) is 0 Å². The standard InChI is InChI=1S/C8H12FNO.ClH/c1-5-3-8(7(10)4-9)11-6(5)2;/h3,7H,4,10H2,1-2H3;1H/t7-;/m1./s1. The van der Waals surface area contributed by atoms with Crippen LogP contribution in [-0.2, 0) is 0 Å². The van der Waals surface area contributed by atoms with Crippen LogP contribution in [0.2, 0.25) is 0 Å². The van der Waals surface area contributed by atoms with Gasteiger partial charge in [0.15, 0.2) is 0 Å². The van der Waals surface area contributed by atoms with Crippen LogP contribution in [-0.4, -0.2) is 6.67 Å². The highest BCUT2D eigenvalue weighted by Gasteiger charge is 2.10. The molecule has 0 aliphatic rings. The zero-order chi connectivity index (χ0) is 8.43. The number of rotatable bonds is 2. The molecule has 70 valence electrons. The maximum Gasteiger partial charge on any atom is 0.123 e. The average molecular weight is 194 g/mol. The van der Waals surface area contributed by atoms with E-state index in [-0.39, 0.29) is 12.4 Å². The van der Waals surface area contributed by atoms with Gasteiger partial charge in [-0.2, -0.15) is 0 Å². The van der Waals surface area contributed by atoms with Crippen molar-refractivity contribution in [2.24, 2.45) is 5.73 Å². The number of halogens is 2. The van der Waals surface area contributed by atoms with Crippen molar-refractivity contribution >= 4 is 12.4 Å². The number of furan rings is 1. The van der Waals surface area contributed by atoms with Crippen LogP contribution in [0.3, 0.4) is 0 Å². The van der Waals surface area contributed by atoms with Gasteiger partial charge in [0.1, 0.15) is 18.2 Å². The first-order chi connectivity index (χ1) is 5.15. The third-order valence-electron chi connectivity index (χ3n) is 1.72. The van der Waals surface area contributed by atoms with E-state index in [1.807, 2.05) is 13.8 Å². The smallest absolute Gasteiger partial charge is 0.123 e. The summed E-state index contributed by atoms with van der Waals surface area (Å²) in [6, 6.07) is 1.17. The van der Waals surface area contributed by atoms with Gasteiger partial charge in [-0.05, 0) is 25.5 Å². The van der Waals surface area contributed by atoms with Crippen LogP contribution in [0.25, 0.3) is 0 Å². The van der Waals surface area contributed by atoms with Gasteiger partial charge in [-0.3, -0.25) is 0 Å². The molecule has 0 bridgehead atoms. The number of aryl methyl sites for hydroxylation is 2. The number of nitrogens with two attached hydrogens (primary N) is 1. The van der Waals surface area contributed by atoms with Gasteiger partial charge in [0.2, 0.25) is 0 Å². The monoisotopic (exact) mass is 193 g/mol. The van der Waals surface area contributed by atoms with E-state index in [0.29, 0.717) is 5.76 Å². The molecule has 0 spiro atoms. The highest BCUT2D eigenvalue weighted by Crippen LogP contribution is 2.18. The number of alkyl halides is 1. The summed E-state index contributed by atoms with van der Waals surface area (Å²) in [7, 11) is 0. The second-order valence-corrected chi connectivity index (χ2v) is 2.65. The Balaban J connectivity index is 0.00000121. The van der Waals surface area contributed by atoms with E-state index in [2.05, 4.69) is 0 Å². The van der Waals surface area contributed by atoms with Crippen molar-refractivity contribution in [3.8, 4) is 0 Å². The van der Waals surface area contributed by atoms with E-state index in [9.17, 15) is 4.39 Å². The van der Waals surface area contributed by atoms with Crippen molar-refractivity contribution in [1.29, 1.82) is 0 Å². The van der Waals surface area contributed by atoms with E-state index in [1.165, 1.54) is 0 Å². The topological polar surface area (TPSA) is 39.2 Å². The fourth-order valence-electron chi connectivity index (χ4n) is 0.861. The lowest BCUT2D eigenvalue weighted by Crippen LogP contribution is -2.10. The second-order valence-electron chi connectivity index (χ2n) is 2.65. The summed E-state index contributed by atoms with van der Waals surface area (Å²) >= 11 is 0. The quantitative estimate of drug-likeness (QED) is 0.783. The lowest BCUT2D eigenvalue weighted by atomic mass is 10.2. The summed E-state index contributed by atoms with van der Waals surface area (Å²) in [4.78, 5) is 0. The Morgan fingerprint density at radius 2 is 2.17 bits per heavy atom. The first-order valence-electron chi connectivity index (χ1n) is 3.53. The van der Waals surface area contributed by atoms with Crippen LogP contribution >= 0.6 is 12.4 Å². The summed E-state index contributed by atoms with van der Waals surface area (Å²) in [5.41, 5.74) is 6.43. The molecule has 2 nitrogen and oxygen atoms in total. The normalized spacial score (nSPS) is 12.3. The fraction of sp³-hybridized carbons (Fsp3) is 0.500. The Bertz CT molecular complexity index is 230. The molecule has 1 aromatic heterocycles. The van der Waals surface area contributed by atoms with Crippen molar-refractivity contribution < 1.29 is 8.81 Å². The van der Waals surface area contributed by atoms with Crippen LogP contribution in [0.1, 0.15) is 23.1 Å². The maximum absolute atomic E-state index is 12.0. The van der Waals surface area contributed by atoms with E-state index in [0.717, 1.165) is 11.3 Å². The maximum atomic E-state index is 12.0. The molecule has 0 fully saturated rings. The zero-order valence-electron chi connectivity index (χ0n) is 7.13. The minimum Gasteiger partial charge on any atom is -0.464 e. The van der Waals surface area contributed by atoms with Crippen LogP contribution < -0.4 is 5.73 Å². The molecule has 1 aromatic rings. The van der Waals surface area contributed by atoms with Crippen LogP contribution in [0, 0.1) is 13.8 Å². The first kappa shape index (κ1) is 11.5. The molecule has 0 radical (unpaired) electrons. The van der Waals surface area contributed by atoms with E-state index >= 15 is 0 Å². The Labute approximate surface area is 77.3 Å². The molecule has 0 saturated heterocycles. The van der Waals surface area contributed by atoms with E-state index < -0.39 is 12.7 Å². The Morgan fingerprint density at radius 3 is 2.50 bits per heavy atom. The van der Waals surface area contributed by atoms with Crippen molar-refractivity contribution in [2.75, 3.05) is 6.67 Å². The van der Waals surface area contributed by atoms with E-state index in [4.69, 9.17) is 10.2 Å². The minimum atomic E-state index is -0.609. The second kappa shape index (κ2) is 4.48. The molecule has 0 aliphatic carbocycles. The molecule has 0 unspecified atom stereocenters. The lowest BCUT2D eigenvalue weighted by molar-refractivity contribution is 0.374. The third kappa shape index (κ3) is 2.22. The lowest BCUT2D eigenvalue weighted by Gasteiger charge is -2.00. The minimum absolute atomic E-state index is 0. The molecule has 0 amide bonds. The van der Waals surface area contributed by atoms with Gasteiger partial charge in [0.25, 0.3) is 0 Å². The number of hydrogen-bond donors (Lipinski definition) is 1. The van der Waals surface area contributed by atoms with Gasteiger partial charge >= 0.3 is 0 Å². The molecule has 4 heteroatoms. The Kier molecular flexibility index (Phi) is 4.28. The summed E-state index contributed by atoms with van der Waals surface area (Å²) in [6.45, 7) is 3.17. The van der Waals surface area contributed by atoms with Gasteiger partial charge in [-0.25, -0.2) is 4.39 Å². The molecule has 0 aromatic carbocycles. The molecule has 1 heterocycles. The number of hydrogen-bond acceptors (Lipinski definition) is 2. The zero-order valence-corrected chi connectivity index (χ0v) is 7.95. The van der Waals surface area contributed by atoms with Gasteiger partial charge in [-0.1, -0.05) is 0 Å². The predicted octanol–water partition coefficient (Wildman–Crippen LogP) is 2.29. The SMILES string of the molecule is Cc1cc([C@H](N)CF)oc1C.Cl. The highest BCUT2D eigenvalue weighted by atomic mass is 35.5. The van der Waals surface area contributed by atoms with Crippen LogP contribution in [0.5, 0.6) is 0 Å². The van der Waals surface area contributed by atoms with Gasteiger partial charge in [-0.15, -0.1) is 12.4 Å². The van der Waals surface area contributed by atoms with Crippen molar-refractivity contribution in [3.63, 3.8) is 0 Å². The molecule has 0 aliphatic heterocycles. The Hall–Kier alpha value is -0.540.